The molecule has 1 fully saturated rings. The van der Waals surface area contributed by atoms with Gasteiger partial charge in [0, 0.05) is 12.0 Å². The first-order valence-corrected chi connectivity index (χ1v) is 8.98. The first kappa shape index (κ1) is 15.2. The van der Waals surface area contributed by atoms with Crippen LogP contribution >= 0.6 is 0 Å². The summed E-state index contributed by atoms with van der Waals surface area (Å²) in [5.41, 5.74) is 2.00. The highest BCUT2D eigenvalue weighted by Gasteiger charge is 2.40. The Hall–Kier alpha value is -1.72. The topological polar surface area (TPSA) is 46.2 Å². The van der Waals surface area contributed by atoms with E-state index in [4.69, 9.17) is 0 Å². The highest BCUT2D eigenvalue weighted by molar-refractivity contribution is 7.89. The third-order valence-electron chi connectivity index (χ3n) is 3.92. The number of aryl methyl sites for hydroxylation is 1. The molecule has 1 aliphatic rings. The number of sulfonamides is 1. The number of nitrogens with one attached hydrogen (secondary N) is 1. The normalized spacial score (nSPS) is 20.8. The van der Waals surface area contributed by atoms with Crippen molar-refractivity contribution >= 4 is 10.0 Å². The van der Waals surface area contributed by atoms with Gasteiger partial charge in [-0.2, -0.15) is 0 Å². The molecule has 0 aromatic heterocycles. The van der Waals surface area contributed by atoms with Crippen molar-refractivity contribution in [3.63, 3.8) is 0 Å². The molecule has 3 rings (SSSR count). The second kappa shape index (κ2) is 6.18. The molecular formula is C17H18FNO2S. The van der Waals surface area contributed by atoms with Gasteiger partial charge in [0.1, 0.15) is 5.82 Å². The van der Waals surface area contributed by atoms with Crippen LogP contribution < -0.4 is 4.72 Å². The predicted molar refractivity (Wildman–Crippen MR) is 84.6 cm³/mol. The summed E-state index contributed by atoms with van der Waals surface area (Å²) in [7, 11) is -3.29. The molecule has 0 amide bonds. The lowest BCUT2D eigenvalue weighted by Gasteiger charge is -2.07. The Bertz CT molecular complexity index is 729. The van der Waals surface area contributed by atoms with Crippen LogP contribution in [0.3, 0.4) is 0 Å². The van der Waals surface area contributed by atoms with E-state index in [1.54, 1.807) is 12.1 Å². The van der Waals surface area contributed by atoms with Crippen molar-refractivity contribution in [2.75, 3.05) is 5.75 Å². The SMILES string of the molecule is O=S(=O)(CCc1ccccc1)N[C@@H]1C[C@H]1c1ccc(F)cc1. The van der Waals surface area contributed by atoms with E-state index >= 15 is 0 Å². The van der Waals surface area contributed by atoms with E-state index in [0.717, 1.165) is 17.5 Å². The largest absolute Gasteiger partial charge is 0.212 e. The second-order valence-electron chi connectivity index (χ2n) is 5.67. The average molecular weight is 319 g/mol. The van der Waals surface area contributed by atoms with E-state index in [1.165, 1.54) is 12.1 Å². The van der Waals surface area contributed by atoms with Gasteiger partial charge in [-0.05, 0) is 36.1 Å². The molecule has 5 heteroatoms. The maximum Gasteiger partial charge on any atom is 0.212 e. The van der Waals surface area contributed by atoms with Crippen molar-refractivity contribution in [1.29, 1.82) is 0 Å². The summed E-state index contributed by atoms with van der Waals surface area (Å²) in [6.45, 7) is 0. The predicted octanol–water partition coefficient (Wildman–Crippen LogP) is 2.84. The van der Waals surface area contributed by atoms with E-state index < -0.39 is 10.0 Å². The molecule has 0 heterocycles. The van der Waals surface area contributed by atoms with Crippen LogP contribution in [0.2, 0.25) is 0 Å². The summed E-state index contributed by atoms with van der Waals surface area (Å²) in [6, 6.07) is 15.8. The summed E-state index contributed by atoms with van der Waals surface area (Å²) in [6.07, 6.45) is 1.28. The Labute approximate surface area is 130 Å². The van der Waals surface area contributed by atoms with Crippen LogP contribution in [0.15, 0.2) is 54.6 Å². The van der Waals surface area contributed by atoms with Crippen molar-refractivity contribution in [2.45, 2.75) is 24.8 Å². The van der Waals surface area contributed by atoms with Gasteiger partial charge in [-0.1, -0.05) is 42.5 Å². The van der Waals surface area contributed by atoms with Crippen LogP contribution in [0.25, 0.3) is 0 Å². The fourth-order valence-corrected chi connectivity index (χ4v) is 3.93. The number of benzene rings is 2. The van der Waals surface area contributed by atoms with Crippen LogP contribution in [-0.4, -0.2) is 20.2 Å². The van der Waals surface area contributed by atoms with E-state index in [1.807, 2.05) is 30.3 Å². The van der Waals surface area contributed by atoms with Gasteiger partial charge in [0.05, 0.1) is 5.75 Å². The molecule has 2 aromatic rings. The minimum Gasteiger partial charge on any atom is -0.212 e. The Balaban J connectivity index is 1.54. The minimum absolute atomic E-state index is 0.0637. The molecule has 22 heavy (non-hydrogen) atoms. The van der Waals surface area contributed by atoms with Crippen molar-refractivity contribution in [2.24, 2.45) is 0 Å². The smallest absolute Gasteiger partial charge is 0.212 e. The molecule has 0 radical (unpaired) electrons. The third kappa shape index (κ3) is 3.93. The molecule has 3 nitrogen and oxygen atoms in total. The Morgan fingerprint density at radius 1 is 1.05 bits per heavy atom. The first-order valence-electron chi connectivity index (χ1n) is 7.33. The Kier molecular flexibility index (Phi) is 4.27. The molecule has 0 spiro atoms. The third-order valence-corrected chi connectivity index (χ3v) is 5.33. The second-order valence-corrected chi connectivity index (χ2v) is 7.55. The lowest BCUT2D eigenvalue weighted by atomic mass is 10.1. The number of hydrogen-bond acceptors (Lipinski definition) is 2. The lowest BCUT2D eigenvalue weighted by molar-refractivity contribution is 0.579. The fraction of sp³-hybridized carbons (Fsp3) is 0.294. The monoisotopic (exact) mass is 319 g/mol. The van der Waals surface area contributed by atoms with Crippen LogP contribution in [0.1, 0.15) is 23.5 Å². The van der Waals surface area contributed by atoms with Crippen LogP contribution in [-0.2, 0) is 16.4 Å². The van der Waals surface area contributed by atoms with Crippen molar-refractivity contribution in [1.82, 2.24) is 4.72 Å². The molecule has 2 aromatic carbocycles. The van der Waals surface area contributed by atoms with Gasteiger partial charge in [0.2, 0.25) is 10.0 Å². The van der Waals surface area contributed by atoms with Gasteiger partial charge in [-0.15, -0.1) is 0 Å². The summed E-state index contributed by atoms with van der Waals surface area (Å²) >= 11 is 0. The summed E-state index contributed by atoms with van der Waals surface area (Å²) in [5.74, 6) is -0.0274. The molecule has 1 saturated carbocycles. The quantitative estimate of drug-likeness (QED) is 0.890. The Morgan fingerprint density at radius 3 is 2.41 bits per heavy atom. The maximum absolute atomic E-state index is 12.9. The number of hydrogen-bond donors (Lipinski definition) is 1. The van der Waals surface area contributed by atoms with Crippen molar-refractivity contribution in [3.05, 3.63) is 71.5 Å². The van der Waals surface area contributed by atoms with Crippen LogP contribution in [0, 0.1) is 5.82 Å². The van der Waals surface area contributed by atoms with Crippen molar-refractivity contribution < 1.29 is 12.8 Å². The van der Waals surface area contributed by atoms with Gasteiger partial charge in [0.15, 0.2) is 0 Å². The van der Waals surface area contributed by atoms with Crippen LogP contribution in [0.4, 0.5) is 4.39 Å². The van der Waals surface area contributed by atoms with E-state index in [0.29, 0.717) is 6.42 Å². The Morgan fingerprint density at radius 2 is 1.73 bits per heavy atom. The number of rotatable bonds is 6. The molecule has 0 aliphatic heterocycles. The number of halogens is 1. The van der Waals surface area contributed by atoms with Crippen LogP contribution in [0.5, 0.6) is 0 Å². The summed E-state index contributed by atoms with van der Waals surface area (Å²) in [5, 5.41) is 0. The summed E-state index contributed by atoms with van der Waals surface area (Å²) < 4.78 is 39.9. The molecule has 1 N–H and O–H groups in total. The van der Waals surface area contributed by atoms with Crippen molar-refractivity contribution in [3.8, 4) is 0 Å². The highest BCUT2D eigenvalue weighted by Crippen LogP contribution is 2.41. The maximum atomic E-state index is 12.9. The molecular weight excluding hydrogens is 301 g/mol. The zero-order valence-corrected chi connectivity index (χ0v) is 12.9. The zero-order valence-electron chi connectivity index (χ0n) is 12.1. The van der Waals surface area contributed by atoms with Gasteiger partial charge < -0.3 is 0 Å². The summed E-state index contributed by atoms with van der Waals surface area (Å²) in [4.78, 5) is 0. The van der Waals surface area contributed by atoms with E-state index in [9.17, 15) is 12.8 Å². The molecule has 0 saturated heterocycles. The standard InChI is InChI=1S/C17H18FNO2S/c18-15-8-6-14(7-9-15)16-12-17(16)19-22(20,21)11-10-13-4-2-1-3-5-13/h1-9,16-17,19H,10-12H2/t16-,17+/m0/s1. The molecule has 116 valence electrons. The lowest BCUT2D eigenvalue weighted by Crippen LogP contribution is -2.30. The molecule has 0 bridgehead atoms. The van der Waals surface area contributed by atoms with Gasteiger partial charge in [-0.3, -0.25) is 0 Å². The minimum atomic E-state index is -3.29. The molecule has 1 aliphatic carbocycles. The highest BCUT2D eigenvalue weighted by atomic mass is 32.2. The van der Waals surface area contributed by atoms with E-state index in [-0.39, 0.29) is 23.5 Å². The van der Waals surface area contributed by atoms with Gasteiger partial charge in [0.25, 0.3) is 0 Å². The van der Waals surface area contributed by atoms with Gasteiger partial charge in [-0.25, -0.2) is 17.5 Å². The van der Waals surface area contributed by atoms with E-state index in [2.05, 4.69) is 4.72 Å². The average Bonchev–Trinajstić information content (AvgIpc) is 3.25. The fourth-order valence-electron chi connectivity index (χ4n) is 2.59. The van der Waals surface area contributed by atoms with Gasteiger partial charge >= 0.3 is 0 Å². The molecule has 0 unspecified atom stereocenters. The molecule has 2 atom stereocenters. The first-order chi connectivity index (χ1) is 10.5. The zero-order chi connectivity index (χ0) is 15.6.